The van der Waals surface area contributed by atoms with E-state index in [0.717, 1.165) is 0 Å². The van der Waals surface area contributed by atoms with Crippen LogP contribution in [0.2, 0.25) is 5.02 Å². The summed E-state index contributed by atoms with van der Waals surface area (Å²) in [5.41, 5.74) is 0.812. The van der Waals surface area contributed by atoms with E-state index in [1.165, 1.54) is 24.0 Å². The lowest BCUT2D eigenvalue weighted by molar-refractivity contribution is 0.453. The van der Waals surface area contributed by atoms with E-state index in [-0.39, 0.29) is 17.5 Å². The van der Waals surface area contributed by atoms with E-state index < -0.39 is 0 Å². The van der Waals surface area contributed by atoms with Gasteiger partial charge in [0.1, 0.15) is 11.2 Å². The largest absolute Gasteiger partial charge is 0.493 e. The first-order valence-corrected chi connectivity index (χ1v) is 6.97. The molecule has 0 radical (unpaired) electrons. The molecule has 3 aromatic rings. The predicted molar refractivity (Wildman–Crippen MR) is 74.3 cm³/mol. The minimum Gasteiger partial charge on any atom is -0.493 e. The Morgan fingerprint density at radius 2 is 2.20 bits per heavy atom. The van der Waals surface area contributed by atoms with Crippen LogP contribution in [-0.2, 0) is 5.75 Å². The number of nitrogens with one attached hydrogen (secondary N) is 1. The monoisotopic (exact) mass is 310 g/mol. The molecule has 1 aromatic carbocycles. The quantitative estimate of drug-likeness (QED) is 0.574. The topological polar surface area (TPSA) is 74.7 Å². The molecule has 0 aliphatic rings. The molecular weight excluding hydrogens is 303 g/mol. The number of halogens is 2. The maximum atomic E-state index is 13.6. The lowest BCUT2D eigenvalue weighted by Crippen LogP contribution is -1.92. The highest BCUT2D eigenvalue weighted by atomic mass is 35.5. The molecule has 2 heterocycles. The number of hydrogen-bond acceptors (Lipinski definition) is 5. The normalized spacial score (nSPS) is 11.1. The van der Waals surface area contributed by atoms with Gasteiger partial charge in [-0.3, -0.25) is 5.10 Å². The first-order chi connectivity index (χ1) is 9.65. The van der Waals surface area contributed by atoms with Gasteiger partial charge in [0.15, 0.2) is 10.8 Å². The van der Waals surface area contributed by atoms with Crippen LogP contribution in [0.5, 0.6) is 5.88 Å². The van der Waals surface area contributed by atoms with Crippen LogP contribution in [-0.4, -0.2) is 25.3 Å². The Bertz CT molecular complexity index is 759. The predicted octanol–water partition coefficient (Wildman–Crippen LogP) is 3.14. The van der Waals surface area contributed by atoms with E-state index in [1.807, 2.05) is 0 Å². The molecule has 0 amide bonds. The van der Waals surface area contributed by atoms with Gasteiger partial charge in [0.25, 0.3) is 0 Å². The van der Waals surface area contributed by atoms with Gasteiger partial charge in [-0.1, -0.05) is 29.4 Å². The van der Waals surface area contributed by atoms with Crippen LogP contribution in [0.4, 0.5) is 4.39 Å². The SMILES string of the molecule is Oc1nc(SCc2c(F)cccc2Cl)nc2[nH]ncc12. The van der Waals surface area contributed by atoms with Gasteiger partial charge < -0.3 is 5.11 Å². The molecule has 102 valence electrons. The van der Waals surface area contributed by atoms with Crippen molar-refractivity contribution in [3.63, 3.8) is 0 Å². The second-order valence-corrected chi connectivity index (χ2v) is 5.30. The van der Waals surface area contributed by atoms with E-state index >= 15 is 0 Å². The van der Waals surface area contributed by atoms with E-state index in [0.29, 0.717) is 26.8 Å². The zero-order valence-corrected chi connectivity index (χ0v) is 11.5. The maximum absolute atomic E-state index is 13.6. The van der Waals surface area contributed by atoms with Gasteiger partial charge in [-0.2, -0.15) is 10.1 Å². The van der Waals surface area contributed by atoms with Crippen LogP contribution in [0.3, 0.4) is 0 Å². The lowest BCUT2D eigenvalue weighted by Gasteiger charge is -2.05. The van der Waals surface area contributed by atoms with Gasteiger partial charge in [-0.05, 0) is 12.1 Å². The fourth-order valence-electron chi connectivity index (χ4n) is 1.67. The highest BCUT2D eigenvalue weighted by molar-refractivity contribution is 7.98. The Labute approximate surface area is 122 Å². The fourth-order valence-corrected chi connectivity index (χ4v) is 2.85. The molecule has 0 fully saturated rings. The summed E-state index contributed by atoms with van der Waals surface area (Å²) in [5, 5.41) is 17.3. The van der Waals surface area contributed by atoms with Crippen molar-refractivity contribution < 1.29 is 9.50 Å². The Morgan fingerprint density at radius 3 is 3.00 bits per heavy atom. The number of hydrogen-bond donors (Lipinski definition) is 2. The van der Waals surface area contributed by atoms with E-state index in [1.54, 1.807) is 12.1 Å². The smallest absolute Gasteiger partial charge is 0.226 e. The summed E-state index contributed by atoms with van der Waals surface area (Å²) >= 11 is 7.12. The van der Waals surface area contributed by atoms with Gasteiger partial charge >= 0.3 is 0 Å². The Balaban J connectivity index is 1.87. The van der Waals surface area contributed by atoms with Crippen molar-refractivity contribution >= 4 is 34.4 Å². The molecule has 0 aliphatic carbocycles. The van der Waals surface area contributed by atoms with Crippen molar-refractivity contribution in [3.8, 4) is 5.88 Å². The molecule has 0 bridgehead atoms. The van der Waals surface area contributed by atoms with Crippen LogP contribution in [0.25, 0.3) is 11.0 Å². The van der Waals surface area contributed by atoms with Crippen molar-refractivity contribution in [2.24, 2.45) is 0 Å². The molecule has 0 atom stereocenters. The zero-order valence-electron chi connectivity index (χ0n) is 9.97. The minimum absolute atomic E-state index is 0.161. The number of H-pyrrole nitrogens is 1. The number of nitrogens with zero attached hydrogens (tertiary/aromatic N) is 3. The molecular formula is C12H8ClFN4OS. The van der Waals surface area contributed by atoms with Crippen LogP contribution < -0.4 is 0 Å². The molecule has 0 saturated heterocycles. The number of thioether (sulfide) groups is 1. The van der Waals surface area contributed by atoms with Crippen molar-refractivity contribution in [1.29, 1.82) is 0 Å². The van der Waals surface area contributed by atoms with E-state index in [9.17, 15) is 9.50 Å². The second kappa shape index (κ2) is 5.26. The summed E-state index contributed by atoms with van der Waals surface area (Å²) in [6.07, 6.45) is 1.44. The van der Waals surface area contributed by atoms with Crippen LogP contribution in [0, 0.1) is 5.82 Å². The highest BCUT2D eigenvalue weighted by Gasteiger charge is 2.12. The molecule has 2 N–H and O–H groups in total. The van der Waals surface area contributed by atoms with Crippen molar-refractivity contribution in [3.05, 3.63) is 40.8 Å². The standard InChI is InChI=1S/C12H8ClFN4OS/c13-8-2-1-3-9(14)7(8)5-20-12-16-10-6(4-15-18-10)11(19)17-12/h1-4H,5H2,(H2,15,16,17,18,19). The van der Waals surface area contributed by atoms with Crippen LogP contribution >= 0.6 is 23.4 Å². The Hall–Kier alpha value is -1.86. The number of benzene rings is 1. The van der Waals surface area contributed by atoms with Gasteiger partial charge in [0.05, 0.1) is 6.20 Å². The third kappa shape index (κ3) is 2.41. The fraction of sp³-hybridized carbons (Fsp3) is 0.0833. The first-order valence-electron chi connectivity index (χ1n) is 5.61. The lowest BCUT2D eigenvalue weighted by atomic mass is 10.2. The van der Waals surface area contributed by atoms with Crippen LogP contribution in [0.1, 0.15) is 5.56 Å². The number of aromatic amines is 1. The average molecular weight is 311 g/mol. The van der Waals surface area contributed by atoms with Gasteiger partial charge in [-0.25, -0.2) is 9.37 Å². The maximum Gasteiger partial charge on any atom is 0.226 e. The molecule has 0 saturated carbocycles. The summed E-state index contributed by atoms with van der Waals surface area (Å²) in [5.74, 6) is -0.271. The molecule has 0 spiro atoms. The van der Waals surface area contributed by atoms with Crippen LogP contribution in [0.15, 0.2) is 29.6 Å². The van der Waals surface area contributed by atoms with Crippen molar-refractivity contribution in [2.75, 3.05) is 0 Å². The summed E-state index contributed by atoms with van der Waals surface area (Å²) in [7, 11) is 0. The summed E-state index contributed by atoms with van der Waals surface area (Å²) in [6, 6.07) is 4.51. The van der Waals surface area contributed by atoms with Gasteiger partial charge in [0, 0.05) is 16.3 Å². The zero-order chi connectivity index (χ0) is 14.1. The molecule has 3 rings (SSSR count). The number of aromatic nitrogens is 4. The van der Waals surface area contributed by atoms with Gasteiger partial charge in [-0.15, -0.1) is 0 Å². The highest BCUT2D eigenvalue weighted by Crippen LogP contribution is 2.29. The van der Waals surface area contributed by atoms with Crippen molar-refractivity contribution in [1.82, 2.24) is 20.2 Å². The molecule has 5 nitrogen and oxygen atoms in total. The van der Waals surface area contributed by atoms with E-state index in [2.05, 4.69) is 20.2 Å². The number of rotatable bonds is 3. The molecule has 8 heteroatoms. The third-order valence-corrected chi connectivity index (χ3v) is 3.90. The average Bonchev–Trinajstić information content (AvgIpc) is 2.87. The molecule has 0 aliphatic heterocycles. The van der Waals surface area contributed by atoms with Gasteiger partial charge in [0.2, 0.25) is 5.88 Å². The summed E-state index contributed by atoms with van der Waals surface area (Å²) < 4.78 is 13.6. The molecule has 0 unspecified atom stereocenters. The Morgan fingerprint density at radius 1 is 1.35 bits per heavy atom. The second-order valence-electron chi connectivity index (χ2n) is 3.95. The minimum atomic E-state index is -0.378. The molecule has 2 aromatic heterocycles. The van der Waals surface area contributed by atoms with E-state index in [4.69, 9.17) is 11.6 Å². The Kier molecular flexibility index (Phi) is 3.45. The summed E-state index contributed by atoms with van der Waals surface area (Å²) in [4.78, 5) is 8.11. The number of aromatic hydroxyl groups is 1. The molecule has 20 heavy (non-hydrogen) atoms. The van der Waals surface area contributed by atoms with Crippen molar-refractivity contribution in [2.45, 2.75) is 10.9 Å². The number of fused-ring (bicyclic) bond motifs is 1. The first kappa shape index (κ1) is 13.1. The third-order valence-electron chi connectivity index (χ3n) is 2.68. The summed E-state index contributed by atoms with van der Waals surface area (Å²) in [6.45, 7) is 0.